The lowest BCUT2D eigenvalue weighted by Crippen LogP contribution is -2.48. The number of Topliss-reactive ketones (excluding diaryl/α,β-unsaturated/α-hetero) is 3. The van der Waals surface area contributed by atoms with Gasteiger partial charge in [0.15, 0.2) is 17.3 Å². The number of halogens is 3. The number of hydrogen-bond acceptors (Lipinski definition) is 4. The molecule has 0 N–H and O–H groups in total. The Morgan fingerprint density at radius 2 is 1.43 bits per heavy atom. The van der Waals surface area contributed by atoms with Crippen molar-refractivity contribution in [2.45, 2.75) is 18.0 Å². The summed E-state index contributed by atoms with van der Waals surface area (Å²) in [5.41, 5.74) is 0.740. The predicted octanol–water partition coefficient (Wildman–Crippen LogP) is 6.93. The second kappa shape index (κ2) is 8.80. The normalized spacial score (nSPS) is 21.9. The van der Waals surface area contributed by atoms with Gasteiger partial charge in [-0.25, -0.2) is 8.78 Å². The van der Waals surface area contributed by atoms with Gasteiger partial charge in [0.1, 0.15) is 23.1 Å². The Hall–Kier alpha value is -4.42. The van der Waals surface area contributed by atoms with E-state index in [4.69, 9.17) is 11.6 Å². The molecule has 0 aromatic heterocycles. The molecular formula is C33H20ClF2NO3. The van der Waals surface area contributed by atoms with Crippen LogP contribution in [0.4, 0.5) is 14.5 Å². The molecule has 4 aromatic carbocycles. The van der Waals surface area contributed by atoms with E-state index in [-0.39, 0.29) is 28.5 Å². The monoisotopic (exact) mass is 551 g/mol. The molecule has 7 heteroatoms. The van der Waals surface area contributed by atoms with Crippen LogP contribution in [0.3, 0.4) is 0 Å². The summed E-state index contributed by atoms with van der Waals surface area (Å²) in [7, 11) is 0. The van der Waals surface area contributed by atoms with E-state index >= 15 is 0 Å². The Bertz CT molecular complexity index is 1730. The molecule has 0 bridgehead atoms. The smallest absolute Gasteiger partial charge is 0.185 e. The number of hydrogen-bond donors (Lipinski definition) is 0. The molecule has 3 atom stereocenters. The number of fused-ring (bicyclic) bond motifs is 5. The van der Waals surface area contributed by atoms with Crippen LogP contribution in [0.1, 0.15) is 48.1 Å². The van der Waals surface area contributed by atoms with E-state index in [9.17, 15) is 23.2 Å². The highest BCUT2D eigenvalue weighted by Crippen LogP contribution is 2.61. The zero-order valence-electron chi connectivity index (χ0n) is 20.9. The number of carbonyl (C=O) groups excluding carboxylic acids is 3. The molecule has 2 heterocycles. The van der Waals surface area contributed by atoms with Crippen molar-refractivity contribution in [2.75, 3.05) is 4.90 Å². The maximum Gasteiger partial charge on any atom is 0.185 e. The first kappa shape index (κ1) is 24.6. The van der Waals surface area contributed by atoms with Crippen molar-refractivity contribution in [3.05, 3.63) is 142 Å². The van der Waals surface area contributed by atoms with Gasteiger partial charge in [-0.1, -0.05) is 60.2 Å². The molecule has 1 saturated heterocycles. The summed E-state index contributed by atoms with van der Waals surface area (Å²) in [5, 5.41) is 0.450. The third-order valence-electron chi connectivity index (χ3n) is 8.39. The lowest BCUT2D eigenvalue weighted by Gasteiger charge is -2.37. The van der Waals surface area contributed by atoms with Gasteiger partial charge < -0.3 is 4.90 Å². The average molecular weight is 552 g/mol. The molecule has 1 fully saturated rings. The Labute approximate surface area is 233 Å². The summed E-state index contributed by atoms with van der Waals surface area (Å²) in [6.07, 6.45) is 3.41. The van der Waals surface area contributed by atoms with Crippen molar-refractivity contribution in [1.29, 1.82) is 0 Å². The first-order valence-electron chi connectivity index (χ1n) is 12.8. The highest BCUT2D eigenvalue weighted by atomic mass is 35.5. The van der Waals surface area contributed by atoms with Crippen LogP contribution in [0.5, 0.6) is 0 Å². The molecule has 7 rings (SSSR count). The number of benzene rings is 4. The van der Waals surface area contributed by atoms with Gasteiger partial charge >= 0.3 is 0 Å². The van der Waals surface area contributed by atoms with Crippen LogP contribution < -0.4 is 4.90 Å². The molecular weight excluding hydrogens is 532 g/mol. The van der Waals surface area contributed by atoms with E-state index < -0.39 is 35.1 Å². The fourth-order valence-corrected chi connectivity index (χ4v) is 6.90. The Morgan fingerprint density at radius 1 is 0.800 bits per heavy atom. The number of rotatable bonds is 3. The fraction of sp³-hybridized carbons (Fsp3) is 0.121. The molecule has 0 unspecified atom stereocenters. The lowest BCUT2D eigenvalue weighted by molar-refractivity contribution is 0.0666. The van der Waals surface area contributed by atoms with Crippen molar-refractivity contribution in [2.24, 2.45) is 5.41 Å². The minimum absolute atomic E-state index is 0.289. The number of anilines is 1. The predicted molar refractivity (Wildman–Crippen MR) is 148 cm³/mol. The van der Waals surface area contributed by atoms with E-state index in [0.29, 0.717) is 27.4 Å². The standard InChI is InChI=1S/C33H20ClF2NO3/c34-21-10-5-19(6-11-21)30(38)29-28(18-7-12-22(35)13-8-18)33(31(39)24-3-1-2-4-25(24)32(33)40)27-16-9-20-17-23(36)14-15-26(20)37(27)29/h1-17,27-29H/t27-,28+,29-/m0/s1. The zero-order chi connectivity index (χ0) is 27.8. The van der Waals surface area contributed by atoms with Crippen molar-refractivity contribution in [3.8, 4) is 0 Å². The van der Waals surface area contributed by atoms with Gasteiger partial charge in [-0.15, -0.1) is 0 Å². The van der Waals surface area contributed by atoms with Crippen LogP contribution in [-0.4, -0.2) is 29.4 Å². The minimum Gasteiger partial charge on any atom is -0.352 e. The van der Waals surface area contributed by atoms with E-state index in [0.717, 1.165) is 0 Å². The molecule has 40 heavy (non-hydrogen) atoms. The van der Waals surface area contributed by atoms with Crippen LogP contribution in [-0.2, 0) is 0 Å². The highest BCUT2D eigenvalue weighted by Gasteiger charge is 2.71. The molecule has 0 radical (unpaired) electrons. The van der Waals surface area contributed by atoms with Crippen molar-refractivity contribution in [1.82, 2.24) is 0 Å². The Morgan fingerprint density at radius 3 is 2.08 bits per heavy atom. The molecule has 3 aliphatic rings. The first-order chi connectivity index (χ1) is 19.3. The van der Waals surface area contributed by atoms with E-state index in [2.05, 4.69) is 0 Å². The topological polar surface area (TPSA) is 54.5 Å². The van der Waals surface area contributed by atoms with Crippen LogP contribution >= 0.6 is 11.6 Å². The van der Waals surface area contributed by atoms with Gasteiger partial charge in [0.05, 0.1) is 6.04 Å². The maximum absolute atomic E-state index is 14.5. The fourth-order valence-electron chi connectivity index (χ4n) is 6.78. The van der Waals surface area contributed by atoms with Gasteiger partial charge in [0, 0.05) is 38.9 Å². The third-order valence-corrected chi connectivity index (χ3v) is 8.64. The van der Waals surface area contributed by atoms with Crippen LogP contribution in [0.2, 0.25) is 5.02 Å². The highest BCUT2D eigenvalue weighted by molar-refractivity contribution is 6.32. The minimum atomic E-state index is -1.71. The molecule has 1 aliphatic carbocycles. The average Bonchev–Trinajstić information content (AvgIpc) is 3.39. The summed E-state index contributed by atoms with van der Waals surface area (Å²) >= 11 is 6.10. The molecule has 2 aliphatic heterocycles. The van der Waals surface area contributed by atoms with Gasteiger partial charge in [-0.2, -0.15) is 0 Å². The van der Waals surface area contributed by atoms with Gasteiger partial charge in [0.25, 0.3) is 0 Å². The molecule has 196 valence electrons. The molecule has 0 amide bonds. The zero-order valence-corrected chi connectivity index (χ0v) is 21.6. The number of carbonyl (C=O) groups is 3. The van der Waals surface area contributed by atoms with Gasteiger partial charge in [-0.05, 0) is 60.2 Å². The lowest BCUT2D eigenvalue weighted by atomic mass is 9.64. The summed E-state index contributed by atoms with van der Waals surface area (Å²) in [6, 6.07) is 21.0. The quantitative estimate of drug-likeness (QED) is 0.204. The number of nitrogens with zero attached hydrogens (tertiary/aromatic N) is 1. The van der Waals surface area contributed by atoms with Crippen LogP contribution in [0.15, 0.2) is 97.1 Å². The molecule has 0 saturated carbocycles. The van der Waals surface area contributed by atoms with E-state index in [1.54, 1.807) is 71.6 Å². The van der Waals surface area contributed by atoms with Crippen molar-refractivity contribution >= 4 is 40.7 Å². The Balaban J connectivity index is 1.54. The molecule has 1 spiro atoms. The van der Waals surface area contributed by atoms with E-state index in [1.165, 1.54) is 36.4 Å². The third kappa shape index (κ3) is 3.26. The van der Waals surface area contributed by atoms with Gasteiger partial charge in [0.2, 0.25) is 0 Å². The van der Waals surface area contributed by atoms with Crippen molar-refractivity contribution < 1.29 is 23.2 Å². The second-order valence-electron chi connectivity index (χ2n) is 10.3. The first-order valence-corrected chi connectivity index (χ1v) is 13.2. The molecule has 4 nitrogen and oxygen atoms in total. The Kier molecular flexibility index (Phi) is 5.41. The summed E-state index contributed by atoms with van der Waals surface area (Å²) < 4.78 is 28.4. The number of ketones is 3. The SMILES string of the molecule is O=C(c1ccc(Cl)cc1)[C@@H]1[C@@H](c2ccc(F)cc2)C2(C(=O)c3ccccc3C2=O)[C@@H]2C=Cc3cc(F)ccc3N12. The van der Waals surface area contributed by atoms with Crippen LogP contribution in [0.25, 0.3) is 6.08 Å². The summed E-state index contributed by atoms with van der Waals surface area (Å²) in [4.78, 5) is 45.3. The summed E-state index contributed by atoms with van der Waals surface area (Å²) in [5.74, 6) is -3.03. The maximum atomic E-state index is 14.5. The van der Waals surface area contributed by atoms with Gasteiger partial charge in [-0.3, -0.25) is 14.4 Å². The second-order valence-corrected chi connectivity index (χ2v) is 10.8. The van der Waals surface area contributed by atoms with E-state index in [1.807, 2.05) is 0 Å². The van der Waals surface area contributed by atoms with Crippen LogP contribution in [0, 0.1) is 17.0 Å². The van der Waals surface area contributed by atoms with Crippen molar-refractivity contribution in [3.63, 3.8) is 0 Å². The largest absolute Gasteiger partial charge is 0.352 e. The summed E-state index contributed by atoms with van der Waals surface area (Å²) in [6.45, 7) is 0. The molecule has 4 aromatic rings.